The van der Waals surface area contributed by atoms with E-state index in [2.05, 4.69) is 10.3 Å². The van der Waals surface area contributed by atoms with Crippen LogP contribution in [0.4, 0.5) is 5.69 Å². The third kappa shape index (κ3) is 6.16. The number of pyridine rings is 1. The van der Waals surface area contributed by atoms with Crippen LogP contribution in [-0.4, -0.2) is 59.9 Å². The molecule has 0 spiro atoms. The average molecular weight is 472 g/mol. The zero-order valence-corrected chi connectivity index (χ0v) is 18.9. The summed E-state index contributed by atoms with van der Waals surface area (Å²) in [4.78, 5) is 43.3. The van der Waals surface area contributed by atoms with Crippen LogP contribution < -0.4 is 14.8 Å². The van der Waals surface area contributed by atoms with Crippen molar-refractivity contribution in [1.82, 2.24) is 9.88 Å². The molecular weight excluding hydrogens is 446 g/mol. The largest absolute Gasteiger partial charge is 0.454 e. The number of ether oxygens (including phenoxy) is 3. The van der Waals surface area contributed by atoms with E-state index in [4.69, 9.17) is 14.2 Å². The number of nitrogens with zero attached hydrogens (tertiary/aromatic N) is 2. The number of likely N-dealkylation sites (tertiary alicyclic amines) is 1. The summed E-state index contributed by atoms with van der Waals surface area (Å²) in [5, 5.41) is 3.15. The molecule has 4 rings (SSSR count). The molecule has 0 atom stereocenters. The van der Waals surface area contributed by atoms with Gasteiger partial charge < -0.3 is 24.4 Å². The Labute approximate surface area is 195 Å². The summed E-state index contributed by atoms with van der Waals surface area (Å²) in [7, 11) is 0. The topological polar surface area (TPSA) is 107 Å². The van der Waals surface area contributed by atoms with Crippen LogP contribution in [-0.2, 0) is 14.3 Å². The van der Waals surface area contributed by atoms with E-state index in [0.717, 1.165) is 37.4 Å². The number of amides is 2. The van der Waals surface area contributed by atoms with Gasteiger partial charge >= 0.3 is 5.97 Å². The Kier molecular flexibility index (Phi) is 7.66. The Morgan fingerprint density at radius 3 is 2.67 bits per heavy atom. The number of hydrogen-bond donors (Lipinski definition) is 1. The number of hydrogen-bond acceptors (Lipinski definition) is 8. The van der Waals surface area contributed by atoms with Gasteiger partial charge in [-0.05, 0) is 37.1 Å². The second kappa shape index (κ2) is 11.0. The smallest absolute Gasteiger partial charge is 0.341 e. The number of carbonyl (C=O) groups is 3. The summed E-state index contributed by atoms with van der Waals surface area (Å²) < 4.78 is 15.8. The van der Waals surface area contributed by atoms with Crippen LogP contribution >= 0.6 is 11.8 Å². The SMILES string of the molecule is O=C(CSc1ncccc1C(=O)OCC(=O)N1CCCCCC1)Nc1ccc2c(c1)OCO2. The zero-order chi connectivity index (χ0) is 23.0. The fourth-order valence-electron chi connectivity index (χ4n) is 3.58. The molecule has 174 valence electrons. The molecule has 0 bridgehead atoms. The van der Waals surface area contributed by atoms with Gasteiger partial charge in [-0.3, -0.25) is 9.59 Å². The van der Waals surface area contributed by atoms with Crippen molar-refractivity contribution in [2.24, 2.45) is 0 Å². The Hall–Kier alpha value is -3.27. The lowest BCUT2D eigenvalue weighted by Crippen LogP contribution is -2.35. The number of rotatable bonds is 7. The number of aromatic nitrogens is 1. The summed E-state index contributed by atoms with van der Waals surface area (Å²) >= 11 is 1.12. The highest BCUT2D eigenvalue weighted by Crippen LogP contribution is 2.34. The fraction of sp³-hybridized carbons (Fsp3) is 0.391. The lowest BCUT2D eigenvalue weighted by molar-refractivity contribution is -0.134. The molecule has 1 N–H and O–H groups in total. The van der Waals surface area contributed by atoms with Crippen molar-refractivity contribution in [1.29, 1.82) is 0 Å². The first-order valence-electron chi connectivity index (χ1n) is 10.8. The van der Waals surface area contributed by atoms with Crippen LogP contribution in [0.3, 0.4) is 0 Å². The first-order valence-corrected chi connectivity index (χ1v) is 11.8. The molecule has 0 unspecified atom stereocenters. The third-order valence-corrected chi connectivity index (χ3v) is 6.28. The van der Waals surface area contributed by atoms with Gasteiger partial charge in [0.05, 0.1) is 11.3 Å². The molecule has 9 nitrogen and oxygen atoms in total. The summed E-state index contributed by atoms with van der Waals surface area (Å²) in [6.45, 7) is 1.25. The lowest BCUT2D eigenvalue weighted by atomic mass is 10.2. The molecule has 1 aromatic heterocycles. The summed E-state index contributed by atoms with van der Waals surface area (Å²) in [5.41, 5.74) is 0.805. The normalized spacial score (nSPS) is 15.0. The van der Waals surface area contributed by atoms with Crippen molar-refractivity contribution in [3.8, 4) is 11.5 Å². The van der Waals surface area contributed by atoms with Gasteiger partial charge in [0, 0.05) is 31.0 Å². The van der Waals surface area contributed by atoms with E-state index in [1.165, 1.54) is 6.20 Å². The molecule has 1 saturated heterocycles. The molecule has 0 radical (unpaired) electrons. The number of esters is 1. The second-order valence-corrected chi connectivity index (χ2v) is 8.60. The number of nitrogens with one attached hydrogen (secondary N) is 1. The molecule has 10 heteroatoms. The molecule has 0 saturated carbocycles. The van der Waals surface area contributed by atoms with E-state index < -0.39 is 5.97 Å². The zero-order valence-electron chi connectivity index (χ0n) is 18.1. The maximum absolute atomic E-state index is 12.6. The van der Waals surface area contributed by atoms with Crippen molar-refractivity contribution in [2.45, 2.75) is 30.7 Å². The van der Waals surface area contributed by atoms with Gasteiger partial charge in [-0.15, -0.1) is 0 Å². The summed E-state index contributed by atoms with van der Waals surface area (Å²) in [6, 6.07) is 8.33. The highest BCUT2D eigenvalue weighted by atomic mass is 32.2. The van der Waals surface area contributed by atoms with E-state index in [0.29, 0.717) is 35.3 Å². The van der Waals surface area contributed by atoms with Crippen LogP contribution in [0.2, 0.25) is 0 Å². The van der Waals surface area contributed by atoms with E-state index in [1.54, 1.807) is 35.2 Å². The van der Waals surface area contributed by atoms with Gasteiger partial charge in [0.15, 0.2) is 18.1 Å². The molecule has 33 heavy (non-hydrogen) atoms. The molecule has 1 aromatic carbocycles. The molecule has 2 amide bonds. The first-order chi connectivity index (χ1) is 16.1. The number of fused-ring (bicyclic) bond motifs is 1. The van der Waals surface area contributed by atoms with Crippen LogP contribution in [0.15, 0.2) is 41.6 Å². The van der Waals surface area contributed by atoms with Gasteiger partial charge in [0.2, 0.25) is 12.7 Å². The minimum absolute atomic E-state index is 0.0401. The van der Waals surface area contributed by atoms with Crippen molar-refractivity contribution >= 4 is 35.2 Å². The standard InChI is InChI=1S/C23H25N3O6S/c27-20(25-16-7-8-18-19(12-16)32-15-31-18)14-33-22-17(6-5-9-24-22)23(29)30-13-21(28)26-10-3-1-2-4-11-26/h5-9,12H,1-4,10-11,13-15H2,(H,25,27). The predicted octanol–water partition coefficient (Wildman–Crippen LogP) is 3.10. The van der Waals surface area contributed by atoms with Crippen molar-refractivity contribution in [3.05, 3.63) is 42.1 Å². The molecular formula is C23H25N3O6S. The fourth-order valence-corrected chi connectivity index (χ4v) is 4.37. The highest BCUT2D eigenvalue weighted by molar-refractivity contribution is 8.00. The van der Waals surface area contributed by atoms with Crippen LogP contribution in [0.5, 0.6) is 11.5 Å². The Balaban J connectivity index is 1.29. The van der Waals surface area contributed by atoms with E-state index in [1.807, 2.05) is 0 Å². The van der Waals surface area contributed by atoms with Crippen molar-refractivity contribution < 1.29 is 28.6 Å². The average Bonchev–Trinajstić information content (AvgIpc) is 3.12. The van der Waals surface area contributed by atoms with Gasteiger partial charge in [-0.1, -0.05) is 24.6 Å². The van der Waals surface area contributed by atoms with Gasteiger partial charge in [0.25, 0.3) is 5.91 Å². The Morgan fingerprint density at radius 2 is 1.85 bits per heavy atom. The van der Waals surface area contributed by atoms with Gasteiger partial charge in [-0.2, -0.15) is 0 Å². The van der Waals surface area contributed by atoms with Crippen LogP contribution in [0, 0.1) is 0 Å². The quantitative estimate of drug-likeness (QED) is 0.485. The molecule has 2 aliphatic rings. The van der Waals surface area contributed by atoms with Crippen molar-refractivity contribution in [3.63, 3.8) is 0 Å². The molecule has 2 aromatic rings. The Morgan fingerprint density at radius 1 is 1.06 bits per heavy atom. The first kappa shape index (κ1) is 22.9. The predicted molar refractivity (Wildman–Crippen MR) is 121 cm³/mol. The third-order valence-electron chi connectivity index (χ3n) is 5.27. The number of anilines is 1. The van der Waals surface area contributed by atoms with E-state index >= 15 is 0 Å². The van der Waals surface area contributed by atoms with Gasteiger partial charge in [-0.25, -0.2) is 9.78 Å². The van der Waals surface area contributed by atoms with Crippen molar-refractivity contribution in [2.75, 3.05) is 37.6 Å². The Bertz CT molecular complexity index is 1020. The minimum Gasteiger partial charge on any atom is -0.454 e. The van der Waals surface area contributed by atoms with E-state index in [-0.39, 0.29) is 36.5 Å². The highest BCUT2D eigenvalue weighted by Gasteiger charge is 2.20. The summed E-state index contributed by atoms with van der Waals surface area (Å²) in [6.07, 6.45) is 5.70. The number of thioether (sulfide) groups is 1. The number of benzene rings is 1. The molecule has 0 aliphatic carbocycles. The van der Waals surface area contributed by atoms with Crippen LogP contribution in [0.25, 0.3) is 0 Å². The molecule has 3 heterocycles. The maximum atomic E-state index is 12.6. The minimum atomic E-state index is -0.634. The maximum Gasteiger partial charge on any atom is 0.341 e. The van der Waals surface area contributed by atoms with E-state index in [9.17, 15) is 14.4 Å². The summed E-state index contributed by atoms with van der Waals surface area (Å²) in [5.74, 6) is 0.160. The van der Waals surface area contributed by atoms with Gasteiger partial charge in [0.1, 0.15) is 5.03 Å². The lowest BCUT2D eigenvalue weighted by Gasteiger charge is -2.20. The second-order valence-electron chi connectivity index (χ2n) is 7.63. The molecule has 1 fully saturated rings. The molecule has 2 aliphatic heterocycles. The number of carbonyl (C=O) groups excluding carboxylic acids is 3. The van der Waals surface area contributed by atoms with Crippen LogP contribution in [0.1, 0.15) is 36.0 Å². The monoisotopic (exact) mass is 471 g/mol.